The van der Waals surface area contributed by atoms with Crippen LogP contribution in [-0.4, -0.2) is 47.2 Å². The van der Waals surface area contributed by atoms with Gasteiger partial charge in [0.25, 0.3) is 0 Å². The Morgan fingerprint density at radius 2 is 2.06 bits per heavy atom. The number of methoxy groups -OCH3 is 1. The molecule has 3 heterocycles. The molecule has 7 heteroatoms. The molecule has 2 atom stereocenters. The number of hydrogen-bond donors (Lipinski definition) is 1. The Morgan fingerprint density at radius 3 is 2.76 bits per heavy atom. The van der Waals surface area contributed by atoms with Gasteiger partial charge >= 0.3 is 5.97 Å². The average molecular weight is 465 g/mol. The molecule has 0 spiro atoms. The average Bonchev–Trinajstić information content (AvgIpc) is 3.13. The summed E-state index contributed by atoms with van der Waals surface area (Å²) in [5.74, 6) is -0.203. The Morgan fingerprint density at radius 1 is 1.27 bits per heavy atom. The summed E-state index contributed by atoms with van der Waals surface area (Å²) >= 11 is 5.75. The molecule has 6 nitrogen and oxygen atoms in total. The molecule has 1 fully saturated rings. The fourth-order valence-corrected chi connectivity index (χ4v) is 5.20. The molecule has 4 rings (SSSR count). The van der Waals surface area contributed by atoms with Gasteiger partial charge in [-0.1, -0.05) is 18.2 Å². The first-order valence-corrected chi connectivity index (χ1v) is 11.8. The number of fused-ring (bicyclic) bond motifs is 1. The summed E-state index contributed by atoms with van der Waals surface area (Å²) in [7, 11) is 3.56. The fourth-order valence-electron chi connectivity index (χ4n) is 4.87. The number of aromatic nitrogens is 1. The van der Waals surface area contributed by atoms with E-state index < -0.39 is 0 Å². The van der Waals surface area contributed by atoms with Crippen molar-refractivity contribution in [2.75, 3.05) is 25.6 Å². The number of pyridine rings is 1. The van der Waals surface area contributed by atoms with Gasteiger partial charge in [0.05, 0.1) is 30.4 Å². The first-order chi connectivity index (χ1) is 15.7. The molecular weight excluding hydrogens is 432 g/mol. The number of benzene rings is 1. The Labute approximate surface area is 201 Å². The van der Waals surface area contributed by atoms with Crippen LogP contribution in [0.3, 0.4) is 0 Å². The highest BCUT2D eigenvalue weighted by atomic mass is 32.1. The number of hydrogen-bond acceptors (Lipinski definition) is 5. The minimum atomic E-state index is -0.203. The molecule has 0 aliphatic carbocycles. The van der Waals surface area contributed by atoms with Gasteiger partial charge in [-0.3, -0.25) is 9.78 Å². The lowest BCUT2D eigenvalue weighted by Crippen LogP contribution is -2.42. The highest BCUT2D eigenvalue weighted by Gasteiger charge is 2.40. The summed E-state index contributed by atoms with van der Waals surface area (Å²) < 4.78 is 4.82. The highest BCUT2D eigenvalue weighted by Crippen LogP contribution is 2.43. The molecule has 2 unspecified atom stereocenters. The Hall–Kier alpha value is -2.93. The second kappa shape index (κ2) is 9.14. The van der Waals surface area contributed by atoms with Crippen LogP contribution in [0.25, 0.3) is 5.57 Å². The number of thiocarbonyl (C=S) groups is 1. The molecule has 1 aromatic heterocycles. The molecule has 1 N–H and O–H groups in total. The van der Waals surface area contributed by atoms with Crippen molar-refractivity contribution in [3.8, 4) is 0 Å². The predicted octanol–water partition coefficient (Wildman–Crippen LogP) is 4.64. The van der Waals surface area contributed by atoms with Crippen LogP contribution in [0.5, 0.6) is 0 Å². The number of rotatable bonds is 6. The zero-order valence-electron chi connectivity index (χ0n) is 20.0. The van der Waals surface area contributed by atoms with Crippen molar-refractivity contribution in [1.82, 2.24) is 15.2 Å². The van der Waals surface area contributed by atoms with Crippen LogP contribution in [0.15, 0.2) is 48.7 Å². The van der Waals surface area contributed by atoms with Crippen LogP contribution in [0.4, 0.5) is 5.69 Å². The van der Waals surface area contributed by atoms with Crippen molar-refractivity contribution < 1.29 is 9.53 Å². The number of allylic oxidation sites excluding steroid dienone is 1. The number of esters is 1. The van der Waals surface area contributed by atoms with Crippen LogP contribution in [-0.2, 0) is 9.53 Å². The molecule has 2 aliphatic rings. The number of likely N-dealkylation sites (N-methyl/N-ethyl adjacent to an activating group) is 1. The van der Waals surface area contributed by atoms with E-state index in [1.165, 1.54) is 29.5 Å². The SMILES string of the molecule is COC(=O)CCCN1C(=S)NC(c2ccccn2)C1c1ccc2c(c1)C(C)=CC(C)(C)N2C. The summed E-state index contributed by atoms with van der Waals surface area (Å²) in [5, 5.41) is 4.17. The zero-order chi connectivity index (χ0) is 23.8. The minimum Gasteiger partial charge on any atom is -0.469 e. The third kappa shape index (κ3) is 4.47. The Balaban J connectivity index is 1.72. The van der Waals surface area contributed by atoms with Crippen molar-refractivity contribution in [2.24, 2.45) is 0 Å². The number of ether oxygens (including phenoxy) is 1. The maximum atomic E-state index is 11.7. The predicted molar refractivity (Wildman–Crippen MR) is 136 cm³/mol. The summed E-state index contributed by atoms with van der Waals surface area (Å²) in [6.07, 6.45) is 5.16. The van der Waals surface area contributed by atoms with Crippen molar-refractivity contribution in [3.63, 3.8) is 0 Å². The topological polar surface area (TPSA) is 57.7 Å². The maximum absolute atomic E-state index is 11.7. The molecule has 174 valence electrons. The normalized spacial score (nSPS) is 21.4. The van der Waals surface area contributed by atoms with Gasteiger partial charge < -0.3 is 19.9 Å². The molecule has 0 radical (unpaired) electrons. The van der Waals surface area contributed by atoms with Crippen LogP contribution < -0.4 is 10.2 Å². The summed E-state index contributed by atoms with van der Waals surface area (Å²) in [4.78, 5) is 20.8. The van der Waals surface area contributed by atoms with Crippen LogP contribution >= 0.6 is 12.2 Å². The molecule has 1 aromatic carbocycles. The molecule has 2 aliphatic heterocycles. The monoisotopic (exact) mass is 464 g/mol. The Kier molecular flexibility index (Phi) is 6.43. The van der Waals surface area contributed by atoms with E-state index in [2.05, 4.69) is 72.2 Å². The lowest BCUT2D eigenvalue weighted by molar-refractivity contribution is -0.140. The molecular formula is C26H32N4O2S. The number of anilines is 1. The van der Waals surface area contributed by atoms with Gasteiger partial charge in [0.15, 0.2) is 5.11 Å². The summed E-state index contributed by atoms with van der Waals surface area (Å²) in [6, 6.07) is 12.6. The van der Waals surface area contributed by atoms with Crippen LogP contribution in [0.2, 0.25) is 0 Å². The van der Waals surface area contributed by atoms with Gasteiger partial charge in [0.1, 0.15) is 0 Å². The number of carbonyl (C=O) groups excluding carboxylic acids is 1. The van der Waals surface area contributed by atoms with E-state index in [0.717, 1.165) is 5.69 Å². The lowest BCUT2D eigenvalue weighted by Gasteiger charge is -2.41. The van der Waals surface area contributed by atoms with Gasteiger partial charge in [-0.25, -0.2) is 0 Å². The molecule has 33 heavy (non-hydrogen) atoms. The van der Waals surface area contributed by atoms with Crippen molar-refractivity contribution >= 4 is 34.6 Å². The smallest absolute Gasteiger partial charge is 0.305 e. The van der Waals surface area contributed by atoms with Crippen molar-refractivity contribution in [3.05, 3.63) is 65.5 Å². The second-order valence-electron chi connectivity index (χ2n) is 9.32. The largest absolute Gasteiger partial charge is 0.469 e. The zero-order valence-corrected chi connectivity index (χ0v) is 20.8. The maximum Gasteiger partial charge on any atom is 0.305 e. The van der Waals surface area contributed by atoms with Gasteiger partial charge in [0.2, 0.25) is 0 Å². The molecule has 0 bridgehead atoms. The number of nitrogens with zero attached hydrogens (tertiary/aromatic N) is 3. The van der Waals surface area contributed by atoms with Crippen molar-refractivity contribution in [2.45, 2.75) is 51.2 Å². The number of carbonyl (C=O) groups is 1. The second-order valence-corrected chi connectivity index (χ2v) is 9.70. The van der Waals surface area contributed by atoms with Crippen LogP contribution in [0, 0.1) is 0 Å². The van der Waals surface area contributed by atoms with Gasteiger partial charge in [0, 0.05) is 37.5 Å². The van der Waals surface area contributed by atoms with E-state index in [1.54, 1.807) is 0 Å². The van der Waals surface area contributed by atoms with E-state index in [1.807, 2.05) is 24.4 Å². The lowest BCUT2D eigenvalue weighted by atomic mass is 9.86. The van der Waals surface area contributed by atoms with E-state index in [9.17, 15) is 4.79 Å². The molecule has 2 aromatic rings. The standard InChI is InChI=1S/C26H32N4O2S/c1-17-16-26(2,3)29(4)21-12-11-18(15-19(17)21)24-23(20-9-6-7-13-27-20)28-25(33)30(24)14-8-10-22(31)32-5/h6-7,9,11-13,15-16,23-24H,8,10,14H2,1-5H3,(H,28,33). The van der Waals surface area contributed by atoms with Crippen molar-refractivity contribution in [1.29, 1.82) is 0 Å². The van der Waals surface area contributed by atoms with Gasteiger partial charge in [-0.2, -0.15) is 0 Å². The van der Waals surface area contributed by atoms with E-state index in [-0.39, 0.29) is 23.6 Å². The quantitative estimate of drug-likeness (QED) is 0.494. The highest BCUT2D eigenvalue weighted by molar-refractivity contribution is 7.80. The summed E-state index contributed by atoms with van der Waals surface area (Å²) in [5.41, 5.74) is 5.82. The van der Waals surface area contributed by atoms with Crippen LogP contribution in [0.1, 0.15) is 62.5 Å². The summed E-state index contributed by atoms with van der Waals surface area (Å²) in [6.45, 7) is 7.30. The van der Waals surface area contributed by atoms with Gasteiger partial charge in [-0.15, -0.1) is 0 Å². The molecule has 0 amide bonds. The van der Waals surface area contributed by atoms with Gasteiger partial charge in [-0.05, 0) is 74.8 Å². The molecule has 1 saturated heterocycles. The number of nitrogens with one attached hydrogen (secondary N) is 1. The molecule has 0 saturated carbocycles. The van der Waals surface area contributed by atoms with E-state index in [4.69, 9.17) is 17.0 Å². The minimum absolute atomic E-state index is 0.0246. The van der Waals surface area contributed by atoms with E-state index >= 15 is 0 Å². The third-order valence-corrected chi connectivity index (χ3v) is 7.14. The first-order valence-electron chi connectivity index (χ1n) is 11.4. The first kappa shape index (κ1) is 23.2. The fraction of sp³-hybridized carbons (Fsp3) is 0.423. The Bertz CT molecular complexity index is 1080. The third-order valence-electron chi connectivity index (χ3n) is 6.79. The van der Waals surface area contributed by atoms with E-state index in [0.29, 0.717) is 24.5 Å².